The van der Waals surface area contributed by atoms with Crippen molar-refractivity contribution < 1.29 is 0 Å². The van der Waals surface area contributed by atoms with Crippen LogP contribution in [-0.4, -0.2) is 15.2 Å². The third-order valence-corrected chi connectivity index (χ3v) is 3.13. The molecule has 0 radical (unpaired) electrons. The predicted octanol–water partition coefficient (Wildman–Crippen LogP) is 2.76. The number of H-pyrrole nitrogens is 1. The third-order valence-electron chi connectivity index (χ3n) is 3.13. The molecule has 3 aromatic rings. The fourth-order valence-corrected chi connectivity index (χ4v) is 2.06. The molecule has 0 spiro atoms. The van der Waals surface area contributed by atoms with Crippen molar-refractivity contribution in [2.45, 2.75) is 13.1 Å². The first-order valence-electron chi connectivity index (χ1n) is 6.61. The molecule has 0 bridgehead atoms. The van der Waals surface area contributed by atoms with Gasteiger partial charge in [0.1, 0.15) is 0 Å². The van der Waals surface area contributed by atoms with Gasteiger partial charge in [-0.05, 0) is 29.3 Å². The van der Waals surface area contributed by atoms with E-state index in [-0.39, 0.29) is 0 Å². The van der Waals surface area contributed by atoms with Gasteiger partial charge < -0.3 is 5.32 Å². The summed E-state index contributed by atoms with van der Waals surface area (Å²) < 4.78 is 0. The Morgan fingerprint density at radius 1 is 0.900 bits per heavy atom. The number of benzene rings is 1. The van der Waals surface area contributed by atoms with Gasteiger partial charge in [-0.1, -0.05) is 30.3 Å². The largest absolute Gasteiger partial charge is 0.307 e. The van der Waals surface area contributed by atoms with Crippen LogP contribution in [0.25, 0.3) is 11.3 Å². The van der Waals surface area contributed by atoms with Gasteiger partial charge in [-0.2, -0.15) is 5.10 Å². The Hall–Kier alpha value is -2.46. The lowest BCUT2D eigenvalue weighted by Gasteiger charge is -2.05. The molecule has 2 N–H and O–H groups in total. The topological polar surface area (TPSA) is 53.6 Å². The number of rotatable bonds is 5. The van der Waals surface area contributed by atoms with Gasteiger partial charge in [0, 0.05) is 25.5 Å². The molecular weight excluding hydrogens is 248 g/mol. The molecule has 0 fully saturated rings. The Bertz CT molecular complexity index is 630. The summed E-state index contributed by atoms with van der Waals surface area (Å²) in [6.45, 7) is 1.61. The molecule has 0 unspecified atom stereocenters. The van der Waals surface area contributed by atoms with Crippen LogP contribution in [0.5, 0.6) is 0 Å². The van der Waals surface area contributed by atoms with Crippen molar-refractivity contribution in [1.29, 1.82) is 0 Å². The second-order valence-corrected chi connectivity index (χ2v) is 4.59. The van der Waals surface area contributed by atoms with Crippen LogP contribution < -0.4 is 5.32 Å². The van der Waals surface area contributed by atoms with E-state index in [4.69, 9.17) is 0 Å². The first-order chi connectivity index (χ1) is 9.92. The highest BCUT2D eigenvalue weighted by atomic mass is 15.1. The van der Waals surface area contributed by atoms with Crippen LogP contribution >= 0.6 is 0 Å². The smallest absolute Gasteiger partial charge is 0.0650 e. The van der Waals surface area contributed by atoms with E-state index in [0.717, 1.165) is 30.0 Å². The minimum absolute atomic E-state index is 0.781. The molecule has 1 aromatic carbocycles. The van der Waals surface area contributed by atoms with Crippen LogP contribution in [0.1, 0.15) is 11.3 Å². The number of aromatic amines is 1. The van der Waals surface area contributed by atoms with E-state index in [1.165, 1.54) is 5.56 Å². The molecule has 20 heavy (non-hydrogen) atoms. The molecule has 0 aliphatic rings. The highest BCUT2D eigenvalue weighted by Crippen LogP contribution is 2.16. The Kier molecular flexibility index (Phi) is 3.85. The van der Waals surface area contributed by atoms with Gasteiger partial charge in [0.25, 0.3) is 0 Å². The quantitative estimate of drug-likeness (QED) is 0.745. The minimum atomic E-state index is 0.781. The summed E-state index contributed by atoms with van der Waals surface area (Å²) in [6, 6.07) is 16.4. The second kappa shape index (κ2) is 6.12. The number of hydrogen-bond donors (Lipinski definition) is 2. The third kappa shape index (κ3) is 3.10. The molecule has 3 rings (SSSR count). The molecule has 2 aromatic heterocycles. The highest BCUT2D eigenvalue weighted by Gasteiger charge is 1.99. The summed E-state index contributed by atoms with van der Waals surface area (Å²) in [5.41, 5.74) is 4.50. The van der Waals surface area contributed by atoms with Crippen LogP contribution in [-0.2, 0) is 13.1 Å². The van der Waals surface area contributed by atoms with Crippen molar-refractivity contribution in [2.24, 2.45) is 0 Å². The normalized spacial score (nSPS) is 10.6. The van der Waals surface area contributed by atoms with E-state index >= 15 is 0 Å². The fourth-order valence-electron chi connectivity index (χ4n) is 2.06. The molecule has 0 saturated heterocycles. The van der Waals surface area contributed by atoms with Crippen LogP contribution in [0.3, 0.4) is 0 Å². The molecule has 0 aliphatic carbocycles. The number of nitrogens with one attached hydrogen (secondary N) is 2. The SMILES string of the molecule is c1ccc(CNCc2ccc(-c3ccn[nH]3)cc2)nc1. The molecule has 4 nitrogen and oxygen atoms in total. The van der Waals surface area contributed by atoms with Crippen molar-refractivity contribution in [3.05, 3.63) is 72.2 Å². The summed E-state index contributed by atoms with van der Waals surface area (Å²) in [4.78, 5) is 4.28. The Morgan fingerprint density at radius 3 is 2.50 bits per heavy atom. The molecule has 0 saturated carbocycles. The minimum Gasteiger partial charge on any atom is -0.307 e. The van der Waals surface area contributed by atoms with Gasteiger partial charge in [0.2, 0.25) is 0 Å². The molecule has 100 valence electrons. The highest BCUT2D eigenvalue weighted by molar-refractivity contribution is 5.58. The zero-order valence-electron chi connectivity index (χ0n) is 11.1. The van der Waals surface area contributed by atoms with Crippen molar-refractivity contribution in [3.63, 3.8) is 0 Å². The molecular formula is C16H16N4. The van der Waals surface area contributed by atoms with E-state index in [0.29, 0.717) is 0 Å². The Morgan fingerprint density at radius 2 is 1.80 bits per heavy atom. The molecule has 2 heterocycles. The average Bonchev–Trinajstić information content (AvgIpc) is 3.03. The summed E-state index contributed by atoms with van der Waals surface area (Å²) >= 11 is 0. The summed E-state index contributed by atoms with van der Waals surface area (Å²) in [7, 11) is 0. The lowest BCUT2D eigenvalue weighted by molar-refractivity contribution is 0.680. The zero-order chi connectivity index (χ0) is 13.6. The van der Waals surface area contributed by atoms with Crippen molar-refractivity contribution in [3.8, 4) is 11.3 Å². The molecule has 0 atom stereocenters. The van der Waals surface area contributed by atoms with Gasteiger partial charge >= 0.3 is 0 Å². The number of nitrogens with zero attached hydrogens (tertiary/aromatic N) is 2. The van der Waals surface area contributed by atoms with Crippen LogP contribution in [0.15, 0.2) is 60.9 Å². The predicted molar refractivity (Wildman–Crippen MR) is 78.8 cm³/mol. The van der Waals surface area contributed by atoms with Gasteiger partial charge in [-0.15, -0.1) is 0 Å². The van der Waals surface area contributed by atoms with Gasteiger partial charge in [0.15, 0.2) is 0 Å². The first-order valence-corrected chi connectivity index (χ1v) is 6.61. The van der Waals surface area contributed by atoms with Crippen LogP contribution in [0.2, 0.25) is 0 Å². The number of pyridine rings is 1. The van der Waals surface area contributed by atoms with Crippen molar-refractivity contribution in [2.75, 3.05) is 0 Å². The average molecular weight is 264 g/mol. The number of hydrogen-bond acceptors (Lipinski definition) is 3. The molecule has 0 aliphatic heterocycles. The Balaban J connectivity index is 1.56. The lowest BCUT2D eigenvalue weighted by Crippen LogP contribution is -2.13. The standard InChI is InChI=1S/C16H16N4/c1-2-9-18-15(3-1)12-17-11-13-4-6-14(7-5-13)16-8-10-19-20-16/h1-10,17H,11-12H2,(H,19,20). The monoisotopic (exact) mass is 264 g/mol. The maximum atomic E-state index is 4.28. The number of aromatic nitrogens is 3. The van der Waals surface area contributed by atoms with E-state index < -0.39 is 0 Å². The van der Waals surface area contributed by atoms with Gasteiger partial charge in [-0.3, -0.25) is 10.1 Å². The Labute approximate surface area is 117 Å². The van der Waals surface area contributed by atoms with Crippen molar-refractivity contribution in [1.82, 2.24) is 20.5 Å². The zero-order valence-corrected chi connectivity index (χ0v) is 11.1. The van der Waals surface area contributed by atoms with Gasteiger partial charge in [-0.25, -0.2) is 0 Å². The summed E-state index contributed by atoms with van der Waals surface area (Å²) in [6.07, 6.45) is 3.58. The van der Waals surface area contributed by atoms with Crippen molar-refractivity contribution >= 4 is 0 Å². The maximum absolute atomic E-state index is 4.28. The van der Waals surface area contributed by atoms with Gasteiger partial charge in [0.05, 0.1) is 11.4 Å². The summed E-state index contributed by atoms with van der Waals surface area (Å²) in [5, 5.41) is 10.3. The van der Waals surface area contributed by atoms with E-state index in [1.807, 2.05) is 30.5 Å². The molecule has 0 amide bonds. The van der Waals surface area contributed by atoms with E-state index in [2.05, 4.69) is 44.8 Å². The lowest BCUT2D eigenvalue weighted by atomic mass is 10.1. The van der Waals surface area contributed by atoms with Crippen LogP contribution in [0.4, 0.5) is 0 Å². The molecule has 4 heteroatoms. The maximum Gasteiger partial charge on any atom is 0.0650 e. The van der Waals surface area contributed by atoms with E-state index in [9.17, 15) is 0 Å². The van der Waals surface area contributed by atoms with Crippen LogP contribution in [0, 0.1) is 0 Å². The summed E-state index contributed by atoms with van der Waals surface area (Å²) in [5.74, 6) is 0. The van der Waals surface area contributed by atoms with E-state index in [1.54, 1.807) is 6.20 Å². The first kappa shape index (κ1) is 12.6. The fraction of sp³-hybridized carbons (Fsp3) is 0.125. The second-order valence-electron chi connectivity index (χ2n) is 4.59.